The molecule has 0 fully saturated rings. The average molecular weight is 258 g/mol. The molecule has 3 N–H and O–H groups in total. The van der Waals surface area contributed by atoms with Crippen LogP contribution in [0.1, 0.15) is 23.3 Å². The maximum absolute atomic E-state index is 11.5. The van der Waals surface area contributed by atoms with Gasteiger partial charge in [-0.25, -0.2) is 4.98 Å². The molecule has 1 aromatic heterocycles. The number of nitrogens with one attached hydrogen (secondary N) is 1. The van der Waals surface area contributed by atoms with Crippen LogP contribution in [0, 0.1) is 0 Å². The molecule has 0 spiro atoms. The van der Waals surface area contributed by atoms with E-state index in [1.807, 2.05) is 0 Å². The summed E-state index contributed by atoms with van der Waals surface area (Å²) in [6.45, 7) is 0.528. The minimum Gasteiger partial charge on any atom is -0.393 e. The maximum Gasteiger partial charge on any atom is 0.269 e. The monoisotopic (exact) mass is 257 g/mol. The third-order valence-corrected chi connectivity index (χ3v) is 2.27. The van der Waals surface area contributed by atoms with Crippen LogP contribution >= 0.6 is 23.8 Å². The Morgan fingerprint density at radius 1 is 1.56 bits per heavy atom. The van der Waals surface area contributed by atoms with Gasteiger partial charge >= 0.3 is 0 Å². The molecule has 0 saturated heterocycles. The van der Waals surface area contributed by atoms with Crippen LogP contribution in [0.2, 0.25) is 5.02 Å². The predicted molar refractivity (Wildman–Crippen MR) is 67.6 cm³/mol. The second kappa shape index (κ2) is 6.40. The second-order valence-corrected chi connectivity index (χ2v) is 4.15. The number of pyridine rings is 1. The van der Waals surface area contributed by atoms with Crippen LogP contribution in [0.5, 0.6) is 0 Å². The summed E-state index contributed by atoms with van der Waals surface area (Å²) in [5, 5.41) is 3.22. The minimum atomic E-state index is -0.223. The van der Waals surface area contributed by atoms with E-state index in [4.69, 9.17) is 29.6 Å². The molecule has 0 atom stereocenters. The number of thiocarbonyl (C=S) groups is 1. The summed E-state index contributed by atoms with van der Waals surface area (Å²) >= 11 is 10.4. The van der Waals surface area contributed by atoms with Crippen LogP contribution in [0.25, 0.3) is 0 Å². The summed E-state index contributed by atoms with van der Waals surface area (Å²) in [6.07, 6.45) is 2.80. The maximum atomic E-state index is 11.5. The number of nitrogens with two attached hydrogens (primary N) is 1. The van der Waals surface area contributed by atoms with Gasteiger partial charge in [-0.05, 0) is 25.0 Å². The molecule has 4 nitrogen and oxygen atoms in total. The second-order valence-electron chi connectivity index (χ2n) is 3.19. The van der Waals surface area contributed by atoms with E-state index in [9.17, 15) is 4.79 Å². The first-order chi connectivity index (χ1) is 7.59. The summed E-state index contributed by atoms with van der Waals surface area (Å²) in [5.74, 6) is -0.223. The SMILES string of the molecule is NC(=S)CCCNC(=O)c1ccc(Cl)cn1. The van der Waals surface area contributed by atoms with Crippen LogP contribution in [0.4, 0.5) is 0 Å². The molecule has 6 heteroatoms. The zero-order chi connectivity index (χ0) is 12.0. The highest BCUT2D eigenvalue weighted by molar-refractivity contribution is 7.80. The lowest BCUT2D eigenvalue weighted by Gasteiger charge is -2.03. The highest BCUT2D eigenvalue weighted by atomic mass is 35.5. The van der Waals surface area contributed by atoms with Crippen molar-refractivity contribution in [1.29, 1.82) is 0 Å². The number of amides is 1. The van der Waals surface area contributed by atoms with Crippen molar-refractivity contribution in [3.05, 3.63) is 29.0 Å². The average Bonchev–Trinajstić information content (AvgIpc) is 2.25. The van der Waals surface area contributed by atoms with Gasteiger partial charge in [-0.15, -0.1) is 0 Å². The molecule has 0 unspecified atom stereocenters. The number of nitrogens with zero attached hydrogens (tertiary/aromatic N) is 1. The van der Waals surface area contributed by atoms with Crippen LogP contribution in [-0.4, -0.2) is 22.4 Å². The third-order valence-electron chi connectivity index (χ3n) is 1.85. The van der Waals surface area contributed by atoms with Crippen LogP contribution in [0.15, 0.2) is 18.3 Å². The fourth-order valence-corrected chi connectivity index (χ4v) is 1.32. The molecule has 1 heterocycles. The van der Waals surface area contributed by atoms with Crippen LogP contribution in [0.3, 0.4) is 0 Å². The lowest BCUT2D eigenvalue weighted by molar-refractivity contribution is 0.0948. The van der Waals surface area contributed by atoms with Crippen molar-refractivity contribution < 1.29 is 4.79 Å². The van der Waals surface area contributed by atoms with Crippen molar-refractivity contribution in [2.45, 2.75) is 12.8 Å². The Hall–Kier alpha value is -1.20. The van der Waals surface area contributed by atoms with Gasteiger partial charge in [0.2, 0.25) is 0 Å². The number of halogens is 1. The summed E-state index contributed by atoms with van der Waals surface area (Å²) in [5.41, 5.74) is 5.68. The Bertz CT molecular complexity index is 380. The van der Waals surface area contributed by atoms with Gasteiger partial charge < -0.3 is 11.1 Å². The van der Waals surface area contributed by atoms with Crippen molar-refractivity contribution in [2.75, 3.05) is 6.54 Å². The lowest BCUT2D eigenvalue weighted by Crippen LogP contribution is -2.26. The zero-order valence-electron chi connectivity index (χ0n) is 8.57. The van der Waals surface area contributed by atoms with E-state index < -0.39 is 0 Å². The molecular formula is C10H12ClN3OS. The number of aromatic nitrogens is 1. The minimum absolute atomic E-state index is 0.223. The van der Waals surface area contributed by atoms with Gasteiger partial charge in [0, 0.05) is 12.7 Å². The van der Waals surface area contributed by atoms with Gasteiger partial charge in [0.1, 0.15) is 5.69 Å². The summed E-state index contributed by atoms with van der Waals surface area (Å²) in [7, 11) is 0. The predicted octanol–water partition coefficient (Wildman–Crippen LogP) is 1.53. The highest BCUT2D eigenvalue weighted by Gasteiger charge is 2.05. The van der Waals surface area contributed by atoms with E-state index in [1.165, 1.54) is 6.20 Å². The van der Waals surface area contributed by atoms with Crippen molar-refractivity contribution in [2.24, 2.45) is 5.73 Å². The van der Waals surface area contributed by atoms with E-state index in [0.717, 1.165) is 6.42 Å². The molecule has 0 bridgehead atoms. The summed E-state index contributed by atoms with van der Waals surface area (Å²) in [4.78, 5) is 15.9. The highest BCUT2D eigenvalue weighted by Crippen LogP contribution is 2.05. The smallest absolute Gasteiger partial charge is 0.269 e. The Morgan fingerprint density at radius 2 is 2.31 bits per heavy atom. The van der Waals surface area contributed by atoms with Gasteiger partial charge in [-0.3, -0.25) is 4.79 Å². The van der Waals surface area contributed by atoms with Gasteiger partial charge in [-0.1, -0.05) is 23.8 Å². The first-order valence-electron chi connectivity index (χ1n) is 4.77. The van der Waals surface area contributed by atoms with Gasteiger partial charge in [0.15, 0.2) is 0 Å². The Kier molecular flexibility index (Phi) is 5.14. The van der Waals surface area contributed by atoms with Crippen molar-refractivity contribution in [3.8, 4) is 0 Å². The number of rotatable bonds is 5. The van der Waals surface area contributed by atoms with Crippen LogP contribution in [-0.2, 0) is 0 Å². The lowest BCUT2D eigenvalue weighted by atomic mass is 10.3. The fourth-order valence-electron chi connectivity index (χ4n) is 1.07. The fraction of sp³-hybridized carbons (Fsp3) is 0.300. The van der Waals surface area contributed by atoms with E-state index in [2.05, 4.69) is 10.3 Å². The molecule has 0 aliphatic carbocycles. The Balaban J connectivity index is 2.35. The van der Waals surface area contributed by atoms with Crippen molar-refractivity contribution in [1.82, 2.24) is 10.3 Å². The van der Waals surface area contributed by atoms with E-state index >= 15 is 0 Å². The largest absolute Gasteiger partial charge is 0.393 e. The Labute approximate surface area is 104 Å². The molecular weight excluding hydrogens is 246 g/mol. The van der Waals surface area contributed by atoms with Crippen LogP contribution < -0.4 is 11.1 Å². The molecule has 1 aromatic rings. The van der Waals surface area contributed by atoms with E-state index in [-0.39, 0.29) is 5.91 Å². The number of carbonyl (C=O) groups is 1. The molecule has 1 rings (SSSR count). The molecule has 1 amide bonds. The van der Waals surface area contributed by atoms with Crippen molar-refractivity contribution >= 4 is 34.7 Å². The molecule has 0 aromatic carbocycles. The standard InChI is InChI=1S/C10H12ClN3OS/c11-7-3-4-8(14-6-7)10(15)13-5-1-2-9(12)16/h3-4,6H,1-2,5H2,(H2,12,16)(H,13,15). The molecule has 0 aliphatic heterocycles. The summed E-state index contributed by atoms with van der Waals surface area (Å²) < 4.78 is 0. The zero-order valence-corrected chi connectivity index (χ0v) is 10.1. The molecule has 0 saturated carbocycles. The molecule has 0 aliphatic rings. The van der Waals surface area contributed by atoms with Gasteiger partial charge in [-0.2, -0.15) is 0 Å². The van der Waals surface area contributed by atoms with Gasteiger partial charge in [0.05, 0.1) is 10.0 Å². The van der Waals surface area contributed by atoms with Crippen molar-refractivity contribution in [3.63, 3.8) is 0 Å². The molecule has 16 heavy (non-hydrogen) atoms. The summed E-state index contributed by atoms with van der Waals surface area (Å²) in [6, 6.07) is 3.20. The van der Waals surface area contributed by atoms with E-state index in [1.54, 1.807) is 12.1 Å². The quantitative estimate of drug-likeness (QED) is 0.620. The molecule has 0 radical (unpaired) electrons. The third kappa shape index (κ3) is 4.55. The number of hydrogen-bond acceptors (Lipinski definition) is 3. The van der Waals surface area contributed by atoms with Gasteiger partial charge in [0.25, 0.3) is 5.91 Å². The van der Waals surface area contributed by atoms with E-state index in [0.29, 0.717) is 28.7 Å². The number of carbonyl (C=O) groups excluding carboxylic acids is 1. The first kappa shape index (κ1) is 12.9. The normalized spacial score (nSPS) is 9.81. The Morgan fingerprint density at radius 3 is 2.88 bits per heavy atom. The number of hydrogen-bond donors (Lipinski definition) is 2. The molecule has 86 valence electrons. The topological polar surface area (TPSA) is 68.0 Å². The first-order valence-corrected chi connectivity index (χ1v) is 5.56.